The average molecular weight is 216 g/mol. The first kappa shape index (κ1) is 14.4. The van der Waals surface area contributed by atoms with Gasteiger partial charge < -0.3 is 10.8 Å². The van der Waals surface area contributed by atoms with Crippen LogP contribution < -0.4 is 5.73 Å². The summed E-state index contributed by atoms with van der Waals surface area (Å²) in [6.07, 6.45) is 0. The molecule has 4 nitrogen and oxygen atoms in total. The van der Waals surface area contributed by atoms with Gasteiger partial charge in [-0.15, -0.1) is 0 Å². The minimum atomic E-state index is -1.17. The average Bonchev–Trinajstić information content (AvgIpc) is 2.01. The Morgan fingerprint density at radius 3 is 2.13 bits per heavy atom. The molecule has 0 bridgehead atoms. The van der Waals surface area contributed by atoms with E-state index in [2.05, 4.69) is 32.6 Å². The van der Waals surface area contributed by atoms with Crippen LogP contribution in [0.25, 0.3) is 0 Å². The van der Waals surface area contributed by atoms with Gasteiger partial charge in [-0.3, -0.25) is 9.69 Å². The molecule has 0 amide bonds. The third kappa shape index (κ3) is 5.14. The molecule has 0 aromatic rings. The van der Waals surface area contributed by atoms with Crippen LogP contribution >= 0.6 is 0 Å². The van der Waals surface area contributed by atoms with E-state index in [1.165, 1.54) is 0 Å². The summed E-state index contributed by atoms with van der Waals surface area (Å²) >= 11 is 0. The highest BCUT2D eigenvalue weighted by Crippen LogP contribution is 2.10. The quantitative estimate of drug-likeness (QED) is 0.699. The lowest BCUT2D eigenvalue weighted by molar-refractivity contribution is -0.143. The molecule has 0 rings (SSSR count). The topological polar surface area (TPSA) is 66.6 Å². The van der Waals surface area contributed by atoms with Gasteiger partial charge in [0.25, 0.3) is 0 Å². The number of carbonyl (C=O) groups is 1. The number of carboxylic acid groups (broad SMARTS) is 1. The summed E-state index contributed by atoms with van der Waals surface area (Å²) in [4.78, 5) is 13.0. The van der Waals surface area contributed by atoms with Crippen LogP contribution in [0.3, 0.4) is 0 Å². The second kappa shape index (κ2) is 5.47. The van der Waals surface area contributed by atoms with Crippen LogP contribution in [-0.2, 0) is 4.79 Å². The predicted octanol–water partition coefficient (Wildman–Crippen LogP) is 1.15. The summed E-state index contributed by atoms with van der Waals surface area (Å²) < 4.78 is 0. The highest BCUT2D eigenvalue weighted by Gasteiger charge is 2.31. The van der Waals surface area contributed by atoms with Gasteiger partial charge >= 0.3 is 5.97 Å². The van der Waals surface area contributed by atoms with Gasteiger partial charge in [0, 0.05) is 19.1 Å². The summed E-state index contributed by atoms with van der Waals surface area (Å²) in [6.45, 7) is 11.2. The van der Waals surface area contributed by atoms with Crippen molar-refractivity contribution in [2.24, 2.45) is 11.7 Å². The van der Waals surface area contributed by atoms with Gasteiger partial charge in [-0.1, -0.05) is 13.8 Å². The van der Waals surface area contributed by atoms with Crippen molar-refractivity contribution in [1.82, 2.24) is 4.90 Å². The summed E-state index contributed by atoms with van der Waals surface area (Å²) in [7, 11) is 0. The van der Waals surface area contributed by atoms with Crippen molar-refractivity contribution in [2.45, 2.75) is 46.2 Å². The van der Waals surface area contributed by atoms with Gasteiger partial charge in [0.05, 0.1) is 0 Å². The molecule has 4 heteroatoms. The first-order valence-electron chi connectivity index (χ1n) is 5.43. The molecule has 0 aliphatic carbocycles. The Bertz CT molecular complexity index is 213. The molecule has 15 heavy (non-hydrogen) atoms. The van der Waals surface area contributed by atoms with E-state index >= 15 is 0 Å². The van der Waals surface area contributed by atoms with Crippen molar-refractivity contribution in [3.63, 3.8) is 0 Å². The Balaban J connectivity index is 4.47. The van der Waals surface area contributed by atoms with Gasteiger partial charge in [0.15, 0.2) is 0 Å². The van der Waals surface area contributed by atoms with E-state index in [4.69, 9.17) is 10.8 Å². The van der Waals surface area contributed by atoms with Crippen molar-refractivity contribution in [3.8, 4) is 0 Å². The van der Waals surface area contributed by atoms with Gasteiger partial charge in [0.1, 0.15) is 5.54 Å². The first-order valence-corrected chi connectivity index (χ1v) is 5.43. The first-order chi connectivity index (χ1) is 6.66. The van der Waals surface area contributed by atoms with Crippen LogP contribution in [0.4, 0.5) is 0 Å². The zero-order chi connectivity index (χ0) is 12.2. The molecule has 0 fully saturated rings. The number of hydrogen-bond donors (Lipinski definition) is 2. The highest BCUT2D eigenvalue weighted by atomic mass is 16.4. The number of aliphatic carboxylic acids is 1. The van der Waals surface area contributed by atoms with E-state index in [1.807, 2.05) is 0 Å². The van der Waals surface area contributed by atoms with Crippen molar-refractivity contribution < 1.29 is 9.90 Å². The molecule has 0 aromatic heterocycles. The highest BCUT2D eigenvalue weighted by molar-refractivity contribution is 5.78. The SMILES string of the molecule is CC(C)CN(CC(C)(N)C(=O)O)C(C)C. The van der Waals surface area contributed by atoms with Crippen LogP contribution in [0.1, 0.15) is 34.6 Å². The van der Waals surface area contributed by atoms with Crippen molar-refractivity contribution in [1.29, 1.82) is 0 Å². The zero-order valence-corrected chi connectivity index (χ0v) is 10.4. The molecule has 1 atom stereocenters. The van der Waals surface area contributed by atoms with E-state index in [1.54, 1.807) is 6.92 Å². The largest absolute Gasteiger partial charge is 0.480 e. The second-order valence-corrected chi connectivity index (χ2v) is 5.14. The Kier molecular flexibility index (Phi) is 5.24. The monoisotopic (exact) mass is 216 g/mol. The van der Waals surface area contributed by atoms with E-state index in [9.17, 15) is 4.79 Å². The number of nitrogens with zero attached hydrogens (tertiary/aromatic N) is 1. The molecule has 0 saturated heterocycles. The van der Waals surface area contributed by atoms with Crippen molar-refractivity contribution >= 4 is 5.97 Å². The molecule has 1 unspecified atom stereocenters. The van der Waals surface area contributed by atoms with Gasteiger partial charge in [0.2, 0.25) is 0 Å². The maximum atomic E-state index is 10.9. The number of hydrogen-bond acceptors (Lipinski definition) is 3. The maximum absolute atomic E-state index is 10.9. The van der Waals surface area contributed by atoms with E-state index in [0.717, 1.165) is 6.54 Å². The number of rotatable bonds is 6. The lowest BCUT2D eigenvalue weighted by Crippen LogP contribution is -2.55. The Morgan fingerprint density at radius 1 is 1.40 bits per heavy atom. The molecular weight excluding hydrogens is 192 g/mol. The second-order valence-electron chi connectivity index (χ2n) is 5.14. The molecule has 0 aliphatic heterocycles. The fourth-order valence-electron chi connectivity index (χ4n) is 1.42. The number of carboxylic acids is 1. The molecule has 90 valence electrons. The summed E-state index contributed by atoms with van der Waals surface area (Å²) in [5.74, 6) is -0.436. The number of nitrogens with two attached hydrogens (primary N) is 1. The maximum Gasteiger partial charge on any atom is 0.324 e. The van der Waals surface area contributed by atoms with Gasteiger partial charge in [-0.2, -0.15) is 0 Å². The van der Waals surface area contributed by atoms with E-state index in [-0.39, 0.29) is 0 Å². The minimum absolute atomic E-state index is 0.314. The summed E-state index contributed by atoms with van der Waals surface area (Å²) in [5, 5.41) is 8.95. The normalized spacial score (nSPS) is 16.1. The Labute approximate surface area is 92.4 Å². The van der Waals surface area contributed by atoms with Crippen LogP contribution in [0, 0.1) is 5.92 Å². The lowest BCUT2D eigenvalue weighted by Gasteiger charge is -2.33. The molecular formula is C11H24N2O2. The third-order valence-corrected chi connectivity index (χ3v) is 2.35. The smallest absolute Gasteiger partial charge is 0.324 e. The van der Waals surface area contributed by atoms with E-state index < -0.39 is 11.5 Å². The fraction of sp³-hybridized carbons (Fsp3) is 0.909. The van der Waals surface area contributed by atoms with Gasteiger partial charge in [-0.05, 0) is 26.7 Å². The van der Waals surface area contributed by atoms with E-state index in [0.29, 0.717) is 18.5 Å². The molecule has 0 aliphatic rings. The Hall–Kier alpha value is -0.610. The fourth-order valence-corrected chi connectivity index (χ4v) is 1.42. The van der Waals surface area contributed by atoms with Crippen molar-refractivity contribution in [2.75, 3.05) is 13.1 Å². The van der Waals surface area contributed by atoms with Crippen molar-refractivity contribution in [3.05, 3.63) is 0 Å². The Morgan fingerprint density at radius 2 is 1.87 bits per heavy atom. The molecule has 0 radical (unpaired) electrons. The summed E-state index contributed by atoms with van der Waals surface area (Å²) in [6, 6.07) is 0.314. The standard InChI is InChI=1S/C11H24N2O2/c1-8(2)6-13(9(3)4)7-11(5,12)10(14)15/h8-9H,6-7,12H2,1-5H3,(H,14,15). The molecule has 0 spiro atoms. The third-order valence-electron chi connectivity index (χ3n) is 2.35. The molecule has 0 heterocycles. The van der Waals surface area contributed by atoms with Crippen LogP contribution in [0.15, 0.2) is 0 Å². The van der Waals surface area contributed by atoms with Gasteiger partial charge in [-0.25, -0.2) is 0 Å². The predicted molar refractivity (Wildman–Crippen MR) is 61.8 cm³/mol. The molecule has 0 saturated carbocycles. The zero-order valence-electron chi connectivity index (χ0n) is 10.4. The molecule has 3 N–H and O–H groups in total. The summed E-state index contributed by atoms with van der Waals surface area (Å²) in [5.41, 5.74) is 4.57. The van der Waals surface area contributed by atoms with Crippen LogP contribution in [-0.4, -0.2) is 40.6 Å². The lowest BCUT2D eigenvalue weighted by atomic mass is 10.0. The molecule has 0 aromatic carbocycles. The van der Waals surface area contributed by atoms with Crippen LogP contribution in [0.5, 0.6) is 0 Å². The van der Waals surface area contributed by atoms with Crippen LogP contribution in [0.2, 0.25) is 0 Å². The minimum Gasteiger partial charge on any atom is -0.480 e.